The van der Waals surface area contributed by atoms with Gasteiger partial charge in [-0.3, -0.25) is 9.59 Å². The number of benzene rings is 1. The van der Waals surface area contributed by atoms with Gasteiger partial charge in [0.05, 0.1) is 12.5 Å². The van der Waals surface area contributed by atoms with Crippen LogP contribution in [0, 0.1) is 11.8 Å². The molecule has 1 aromatic rings. The third-order valence-corrected chi connectivity index (χ3v) is 3.89. The lowest BCUT2D eigenvalue weighted by molar-refractivity contribution is -0.137. The van der Waals surface area contributed by atoms with Crippen LogP contribution >= 0.6 is 15.9 Å². The molecule has 0 heterocycles. The predicted molar refractivity (Wildman–Crippen MR) is 74.5 cm³/mol. The van der Waals surface area contributed by atoms with Gasteiger partial charge < -0.3 is 10.4 Å². The van der Waals surface area contributed by atoms with Crippen molar-refractivity contribution in [2.45, 2.75) is 25.8 Å². The van der Waals surface area contributed by atoms with E-state index in [1.165, 1.54) is 0 Å². The second kappa shape index (κ2) is 5.74. The van der Waals surface area contributed by atoms with Gasteiger partial charge in [0, 0.05) is 10.4 Å². The summed E-state index contributed by atoms with van der Waals surface area (Å²) in [6.45, 7) is 2.02. The lowest BCUT2D eigenvalue weighted by Gasteiger charge is -2.17. The van der Waals surface area contributed by atoms with Gasteiger partial charge in [0.25, 0.3) is 0 Å². The third kappa shape index (κ3) is 3.80. The number of halogens is 1. The molecule has 1 amide bonds. The molecule has 1 aliphatic carbocycles. The summed E-state index contributed by atoms with van der Waals surface area (Å²) in [5, 5.41) is 11.8. The molecule has 1 aliphatic rings. The first-order chi connectivity index (χ1) is 8.97. The quantitative estimate of drug-likeness (QED) is 0.874. The Morgan fingerprint density at radius 2 is 2.21 bits per heavy atom. The highest BCUT2D eigenvalue weighted by molar-refractivity contribution is 9.10. The van der Waals surface area contributed by atoms with Gasteiger partial charge >= 0.3 is 5.97 Å². The molecule has 0 bridgehead atoms. The Kier molecular flexibility index (Phi) is 4.24. The molecule has 1 fully saturated rings. The van der Waals surface area contributed by atoms with E-state index in [4.69, 9.17) is 5.11 Å². The molecule has 0 spiro atoms. The van der Waals surface area contributed by atoms with E-state index >= 15 is 0 Å². The molecule has 0 aromatic heterocycles. The van der Waals surface area contributed by atoms with Crippen LogP contribution in [0.3, 0.4) is 0 Å². The maximum atomic E-state index is 12.0. The molecule has 1 aromatic carbocycles. The van der Waals surface area contributed by atoms with Crippen molar-refractivity contribution in [3.8, 4) is 0 Å². The van der Waals surface area contributed by atoms with Gasteiger partial charge in [-0.2, -0.15) is 0 Å². The molecule has 2 N–H and O–H groups in total. The Labute approximate surface area is 120 Å². The normalized spacial score (nSPS) is 22.6. The zero-order chi connectivity index (χ0) is 14.0. The highest BCUT2D eigenvalue weighted by Crippen LogP contribution is 2.38. The van der Waals surface area contributed by atoms with E-state index in [2.05, 4.69) is 21.2 Å². The third-order valence-electron chi connectivity index (χ3n) is 3.39. The summed E-state index contributed by atoms with van der Waals surface area (Å²) in [5.74, 6) is -0.510. The fourth-order valence-corrected chi connectivity index (χ4v) is 2.53. The largest absolute Gasteiger partial charge is 0.481 e. The van der Waals surface area contributed by atoms with E-state index < -0.39 is 12.0 Å². The minimum atomic E-state index is -0.922. The van der Waals surface area contributed by atoms with Crippen LogP contribution in [0.5, 0.6) is 0 Å². The average molecular weight is 326 g/mol. The first-order valence-corrected chi connectivity index (χ1v) is 7.04. The summed E-state index contributed by atoms with van der Waals surface area (Å²) in [7, 11) is 0. The van der Waals surface area contributed by atoms with Gasteiger partial charge in [0.1, 0.15) is 0 Å². The number of hydrogen-bond acceptors (Lipinski definition) is 2. The second-order valence-electron chi connectivity index (χ2n) is 5.03. The average Bonchev–Trinajstić information content (AvgIpc) is 3.05. The highest BCUT2D eigenvalue weighted by Gasteiger charge is 2.40. The number of carboxylic acid groups (broad SMARTS) is 1. The van der Waals surface area contributed by atoms with Gasteiger partial charge in [0.2, 0.25) is 5.91 Å². The molecule has 1 saturated carbocycles. The van der Waals surface area contributed by atoms with E-state index in [1.807, 2.05) is 31.2 Å². The van der Waals surface area contributed by atoms with Crippen LogP contribution in [0.15, 0.2) is 28.7 Å². The summed E-state index contributed by atoms with van der Waals surface area (Å²) in [6, 6.07) is 6.89. The Morgan fingerprint density at radius 3 is 2.74 bits per heavy atom. The minimum Gasteiger partial charge on any atom is -0.481 e. The van der Waals surface area contributed by atoms with Crippen molar-refractivity contribution in [2.24, 2.45) is 11.8 Å². The van der Waals surface area contributed by atoms with E-state index in [0.717, 1.165) is 16.5 Å². The molecular weight excluding hydrogens is 310 g/mol. The van der Waals surface area contributed by atoms with Crippen LogP contribution in [0.25, 0.3) is 0 Å². The number of amides is 1. The molecule has 0 saturated heterocycles. The number of carbonyl (C=O) groups is 2. The number of nitrogens with one attached hydrogen (secondary N) is 1. The smallest absolute Gasteiger partial charge is 0.305 e. The fraction of sp³-hybridized carbons (Fsp3) is 0.429. The molecule has 102 valence electrons. The van der Waals surface area contributed by atoms with Crippen molar-refractivity contribution < 1.29 is 14.7 Å². The van der Waals surface area contributed by atoms with Crippen molar-refractivity contribution in [1.82, 2.24) is 5.32 Å². The van der Waals surface area contributed by atoms with Crippen molar-refractivity contribution >= 4 is 27.8 Å². The molecule has 0 aliphatic heterocycles. The summed E-state index contributed by atoms with van der Waals surface area (Å²) in [6.07, 6.45) is 0.785. The lowest BCUT2D eigenvalue weighted by Crippen LogP contribution is -2.31. The van der Waals surface area contributed by atoms with E-state index in [9.17, 15) is 9.59 Å². The molecule has 2 rings (SSSR count). The van der Waals surface area contributed by atoms with Crippen molar-refractivity contribution in [2.75, 3.05) is 0 Å². The summed E-state index contributed by atoms with van der Waals surface area (Å²) >= 11 is 3.35. The standard InChI is InChI=1S/C14H16BrNO3/c1-8-5-11(8)14(19)16-12(7-13(17)18)9-3-2-4-10(15)6-9/h2-4,6,8,11-12H,5,7H2,1H3,(H,16,19)(H,17,18)/t8-,11+,12+/m1/s1. The molecule has 0 radical (unpaired) electrons. The van der Waals surface area contributed by atoms with E-state index in [0.29, 0.717) is 5.92 Å². The molecule has 3 atom stereocenters. The molecular formula is C14H16BrNO3. The van der Waals surface area contributed by atoms with Gasteiger partial charge in [0.15, 0.2) is 0 Å². The Bertz CT molecular complexity index is 503. The monoisotopic (exact) mass is 325 g/mol. The van der Waals surface area contributed by atoms with Crippen LogP contribution in [-0.4, -0.2) is 17.0 Å². The van der Waals surface area contributed by atoms with Crippen LogP contribution in [0.4, 0.5) is 0 Å². The van der Waals surface area contributed by atoms with Crippen LogP contribution in [0.2, 0.25) is 0 Å². The van der Waals surface area contributed by atoms with E-state index in [1.54, 1.807) is 0 Å². The number of aliphatic carboxylic acids is 1. The SMILES string of the molecule is C[C@@H]1C[C@@H]1C(=O)N[C@@H](CC(=O)O)c1cccc(Br)c1. The fourth-order valence-electron chi connectivity index (χ4n) is 2.12. The Balaban J connectivity index is 2.11. The predicted octanol–water partition coefficient (Wildman–Crippen LogP) is 2.74. The lowest BCUT2D eigenvalue weighted by atomic mass is 10.0. The number of carbonyl (C=O) groups excluding carboxylic acids is 1. The number of rotatable bonds is 5. The van der Waals surface area contributed by atoms with Gasteiger partial charge in [-0.1, -0.05) is 35.0 Å². The van der Waals surface area contributed by atoms with Crippen molar-refractivity contribution in [3.63, 3.8) is 0 Å². The summed E-state index contributed by atoms with van der Waals surface area (Å²) in [5.41, 5.74) is 0.804. The summed E-state index contributed by atoms with van der Waals surface area (Å²) in [4.78, 5) is 22.9. The van der Waals surface area contributed by atoms with E-state index in [-0.39, 0.29) is 18.2 Å². The van der Waals surface area contributed by atoms with Crippen LogP contribution < -0.4 is 5.32 Å². The number of hydrogen-bond donors (Lipinski definition) is 2. The zero-order valence-corrected chi connectivity index (χ0v) is 12.2. The van der Waals surface area contributed by atoms with Crippen LogP contribution in [-0.2, 0) is 9.59 Å². The topological polar surface area (TPSA) is 66.4 Å². The van der Waals surface area contributed by atoms with Crippen molar-refractivity contribution in [1.29, 1.82) is 0 Å². The first-order valence-electron chi connectivity index (χ1n) is 6.25. The maximum Gasteiger partial charge on any atom is 0.305 e. The Morgan fingerprint density at radius 1 is 1.53 bits per heavy atom. The summed E-state index contributed by atoms with van der Waals surface area (Å²) < 4.78 is 0.870. The number of carboxylic acids is 1. The van der Waals surface area contributed by atoms with Crippen LogP contribution in [0.1, 0.15) is 31.4 Å². The molecule has 4 nitrogen and oxygen atoms in total. The van der Waals surface area contributed by atoms with Gasteiger partial charge in [-0.05, 0) is 30.0 Å². The second-order valence-corrected chi connectivity index (χ2v) is 5.95. The molecule has 19 heavy (non-hydrogen) atoms. The maximum absolute atomic E-state index is 12.0. The van der Waals surface area contributed by atoms with Gasteiger partial charge in [-0.25, -0.2) is 0 Å². The van der Waals surface area contributed by atoms with Gasteiger partial charge in [-0.15, -0.1) is 0 Å². The minimum absolute atomic E-state index is 0.0428. The van der Waals surface area contributed by atoms with Crippen molar-refractivity contribution in [3.05, 3.63) is 34.3 Å². The highest BCUT2D eigenvalue weighted by atomic mass is 79.9. The Hall–Kier alpha value is -1.36. The zero-order valence-electron chi connectivity index (χ0n) is 10.6. The molecule has 0 unspecified atom stereocenters. The first kappa shape index (κ1) is 14.1. The molecule has 5 heteroatoms.